The molecule has 0 amide bonds. The molecule has 2 N–H and O–H groups in total. The highest BCUT2D eigenvalue weighted by atomic mass is 35.5. The third-order valence-corrected chi connectivity index (χ3v) is 2.64. The van der Waals surface area contributed by atoms with Crippen LogP contribution in [0.2, 0.25) is 0 Å². The first-order valence-corrected chi connectivity index (χ1v) is 4.49. The van der Waals surface area contributed by atoms with Crippen molar-refractivity contribution < 1.29 is 9.90 Å². The third kappa shape index (κ3) is 1.82. The molecule has 0 aromatic carbocycles. The van der Waals surface area contributed by atoms with Crippen LogP contribution in [-0.2, 0) is 12.1 Å². The highest BCUT2D eigenvalue weighted by Gasteiger charge is 2.32. The molecule has 82 valence electrons. The summed E-state index contributed by atoms with van der Waals surface area (Å²) in [5.41, 5.74) is 1.86. The van der Waals surface area contributed by atoms with Crippen LogP contribution in [0, 0.1) is 0 Å². The molecule has 1 aliphatic heterocycles. The van der Waals surface area contributed by atoms with E-state index in [-0.39, 0.29) is 23.6 Å². The van der Waals surface area contributed by atoms with Gasteiger partial charge in [-0.05, 0) is 25.5 Å². The van der Waals surface area contributed by atoms with Crippen molar-refractivity contribution in [1.82, 2.24) is 10.3 Å². The number of aromatic carboxylic acids is 1. The number of nitrogens with one attached hydrogen (secondary N) is 1. The Kier molecular flexibility index (Phi) is 3.02. The summed E-state index contributed by atoms with van der Waals surface area (Å²) in [6, 6.07) is 1.88. The van der Waals surface area contributed by atoms with Crippen LogP contribution in [0.4, 0.5) is 0 Å². The maximum Gasteiger partial charge on any atom is 0.354 e. The Morgan fingerprint density at radius 2 is 2.27 bits per heavy atom. The van der Waals surface area contributed by atoms with Gasteiger partial charge in [0.25, 0.3) is 0 Å². The summed E-state index contributed by atoms with van der Waals surface area (Å²) in [5, 5.41) is 12.2. The SMILES string of the molecule is CC1(C)NCc2c1ccnc2C(=O)O.Cl. The van der Waals surface area contributed by atoms with Gasteiger partial charge in [0.1, 0.15) is 0 Å². The van der Waals surface area contributed by atoms with E-state index in [1.807, 2.05) is 19.9 Å². The predicted octanol–water partition coefficient (Wildman–Crippen LogP) is 1.54. The van der Waals surface area contributed by atoms with E-state index in [0.717, 1.165) is 11.1 Å². The second-order valence-corrected chi connectivity index (χ2v) is 3.97. The molecule has 0 aliphatic carbocycles. The molecule has 5 heteroatoms. The summed E-state index contributed by atoms with van der Waals surface area (Å²) >= 11 is 0. The monoisotopic (exact) mass is 228 g/mol. The Labute approximate surface area is 94.1 Å². The van der Waals surface area contributed by atoms with Gasteiger partial charge < -0.3 is 10.4 Å². The summed E-state index contributed by atoms with van der Waals surface area (Å²) in [7, 11) is 0. The van der Waals surface area contributed by atoms with Crippen LogP contribution >= 0.6 is 12.4 Å². The number of carbonyl (C=O) groups is 1. The van der Waals surface area contributed by atoms with Crippen molar-refractivity contribution >= 4 is 18.4 Å². The molecule has 0 radical (unpaired) electrons. The second kappa shape index (κ2) is 3.79. The van der Waals surface area contributed by atoms with Crippen molar-refractivity contribution in [1.29, 1.82) is 0 Å². The summed E-state index contributed by atoms with van der Waals surface area (Å²) in [6.07, 6.45) is 1.55. The zero-order valence-corrected chi connectivity index (χ0v) is 9.39. The standard InChI is InChI=1S/C10H12N2O2.ClH/c1-10(2)7-3-4-11-8(9(13)14)6(7)5-12-10;/h3-4,12H,5H2,1-2H3,(H,13,14);1H. The van der Waals surface area contributed by atoms with Crippen molar-refractivity contribution in [2.24, 2.45) is 0 Å². The average Bonchev–Trinajstić information content (AvgIpc) is 2.42. The van der Waals surface area contributed by atoms with Gasteiger partial charge in [-0.2, -0.15) is 0 Å². The van der Waals surface area contributed by atoms with E-state index in [4.69, 9.17) is 5.11 Å². The van der Waals surface area contributed by atoms with E-state index in [2.05, 4.69) is 10.3 Å². The van der Waals surface area contributed by atoms with Crippen molar-refractivity contribution in [2.75, 3.05) is 0 Å². The lowest BCUT2D eigenvalue weighted by Crippen LogP contribution is -2.28. The second-order valence-electron chi connectivity index (χ2n) is 3.97. The number of halogens is 1. The molecule has 4 nitrogen and oxygen atoms in total. The van der Waals surface area contributed by atoms with Gasteiger partial charge >= 0.3 is 5.97 Å². The Morgan fingerprint density at radius 3 is 2.87 bits per heavy atom. The first-order valence-electron chi connectivity index (χ1n) is 4.49. The Hall–Kier alpha value is -1.13. The van der Waals surface area contributed by atoms with Crippen molar-refractivity contribution in [3.05, 3.63) is 29.1 Å². The minimum absolute atomic E-state index is 0. The largest absolute Gasteiger partial charge is 0.477 e. The molecule has 1 aromatic rings. The smallest absolute Gasteiger partial charge is 0.354 e. The minimum atomic E-state index is -0.957. The molecule has 15 heavy (non-hydrogen) atoms. The molecule has 1 aromatic heterocycles. The van der Waals surface area contributed by atoms with E-state index < -0.39 is 5.97 Å². The topological polar surface area (TPSA) is 62.2 Å². The van der Waals surface area contributed by atoms with Gasteiger partial charge in [-0.25, -0.2) is 9.78 Å². The number of hydrogen-bond acceptors (Lipinski definition) is 3. The summed E-state index contributed by atoms with van der Waals surface area (Å²) in [6.45, 7) is 4.65. The molecule has 0 saturated heterocycles. The molecule has 0 bridgehead atoms. The number of hydrogen-bond donors (Lipinski definition) is 2. The van der Waals surface area contributed by atoms with Gasteiger partial charge in [-0.3, -0.25) is 0 Å². The first-order chi connectivity index (χ1) is 6.52. The highest BCUT2D eigenvalue weighted by molar-refractivity contribution is 5.87. The van der Waals surface area contributed by atoms with Crippen LogP contribution in [0.3, 0.4) is 0 Å². The molecule has 0 atom stereocenters. The lowest BCUT2D eigenvalue weighted by molar-refractivity contribution is 0.0689. The van der Waals surface area contributed by atoms with Gasteiger partial charge in [-0.15, -0.1) is 12.4 Å². The molecule has 0 unspecified atom stereocenters. The van der Waals surface area contributed by atoms with Crippen LogP contribution in [0.15, 0.2) is 12.3 Å². The Balaban J connectivity index is 0.00000112. The lowest BCUT2D eigenvalue weighted by Gasteiger charge is -2.19. The van der Waals surface area contributed by atoms with E-state index in [1.54, 1.807) is 6.20 Å². The van der Waals surface area contributed by atoms with E-state index in [0.29, 0.717) is 6.54 Å². The fraction of sp³-hybridized carbons (Fsp3) is 0.400. The molecule has 2 rings (SSSR count). The number of pyridine rings is 1. The van der Waals surface area contributed by atoms with Gasteiger partial charge in [-0.1, -0.05) is 0 Å². The quantitative estimate of drug-likeness (QED) is 0.766. The van der Waals surface area contributed by atoms with Gasteiger partial charge in [0.2, 0.25) is 0 Å². The first kappa shape index (κ1) is 11.9. The lowest BCUT2D eigenvalue weighted by atomic mass is 9.95. The molecular weight excluding hydrogens is 216 g/mol. The van der Waals surface area contributed by atoms with E-state index in [9.17, 15) is 4.79 Å². The van der Waals surface area contributed by atoms with Crippen molar-refractivity contribution in [3.63, 3.8) is 0 Å². The van der Waals surface area contributed by atoms with Crippen LogP contribution in [0.5, 0.6) is 0 Å². The van der Waals surface area contributed by atoms with Gasteiger partial charge in [0.05, 0.1) is 0 Å². The van der Waals surface area contributed by atoms with Crippen LogP contribution in [0.25, 0.3) is 0 Å². The third-order valence-electron chi connectivity index (χ3n) is 2.64. The Bertz CT molecular complexity index is 404. The molecule has 0 spiro atoms. The zero-order chi connectivity index (χ0) is 10.3. The molecular formula is C10H13ClN2O2. The Morgan fingerprint density at radius 1 is 1.60 bits per heavy atom. The van der Waals surface area contributed by atoms with Gasteiger partial charge in [0.15, 0.2) is 5.69 Å². The normalized spacial score (nSPS) is 16.7. The molecule has 2 heterocycles. The van der Waals surface area contributed by atoms with E-state index in [1.165, 1.54) is 0 Å². The number of rotatable bonds is 1. The van der Waals surface area contributed by atoms with E-state index >= 15 is 0 Å². The summed E-state index contributed by atoms with van der Waals surface area (Å²) in [5.74, 6) is -0.957. The fourth-order valence-electron chi connectivity index (χ4n) is 1.85. The number of fused-ring (bicyclic) bond motifs is 1. The highest BCUT2D eigenvalue weighted by Crippen LogP contribution is 2.31. The molecule has 0 fully saturated rings. The number of aromatic nitrogens is 1. The predicted molar refractivity (Wildman–Crippen MR) is 58.3 cm³/mol. The van der Waals surface area contributed by atoms with Crippen LogP contribution in [-0.4, -0.2) is 16.1 Å². The van der Waals surface area contributed by atoms with Gasteiger partial charge in [0, 0.05) is 23.8 Å². The molecule has 0 saturated carbocycles. The fourth-order valence-corrected chi connectivity index (χ4v) is 1.85. The van der Waals surface area contributed by atoms with Crippen LogP contribution < -0.4 is 5.32 Å². The summed E-state index contributed by atoms with van der Waals surface area (Å²) in [4.78, 5) is 14.8. The van der Waals surface area contributed by atoms with Crippen LogP contribution in [0.1, 0.15) is 35.5 Å². The number of carboxylic acids is 1. The molecule has 1 aliphatic rings. The maximum atomic E-state index is 10.9. The van der Waals surface area contributed by atoms with Crippen molar-refractivity contribution in [2.45, 2.75) is 25.9 Å². The zero-order valence-electron chi connectivity index (χ0n) is 8.57. The summed E-state index contributed by atoms with van der Waals surface area (Å²) < 4.78 is 0. The maximum absolute atomic E-state index is 10.9. The minimum Gasteiger partial charge on any atom is -0.477 e. The number of carboxylic acid groups (broad SMARTS) is 1. The average molecular weight is 229 g/mol. The van der Waals surface area contributed by atoms with Crippen molar-refractivity contribution in [3.8, 4) is 0 Å². The number of nitrogens with zero attached hydrogens (tertiary/aromatic N) is 1.